The summed E-state index contributed by atoms with van der Waals surface area (Å²) >= 11 is 0. The van der Waals surface area contributed by atoms with Crippen molar-refractivity contribution in [3.8, 4) is 0 Å². The smallest absolute Gasteiger partial charge is 0.0844 e. The highest BCUT2D eigenvalue weighted by Gasteiger charge is 2.43. The Morgan fingerprint density at radius 2 is 2.14 bits per heavy atom. The van der Waals surface area contributed by atoms with Crippen LogP contribution in [0.4, 0.5) is 0 Å². The molecule has 2 rings (SSSR count). The molecule has 1 aliphatic carbocycles. The number of ether oxygens (including phenoxy) is 1. The van der Waals surface area contributed by atoms with Crippen LogP contribution in [-0.4, -0.2) is 12.2 Å². The predicted octanol–water partition coefficient (Wildman–Crippen LogP) is 3.77. The molecule has 14 heavy (non-hydrogen) atoms. The summed E-state index contributed by atoms with van der Waals surface area (Å²) in [4.78, 5) is 0. The average Bonchev–Trinajstić information content (AvgIpc) is 2.95. The Morgan fingerprint density at radius 3 is 2.86 bits per heavy atom. The molecule has 0 aromatic heterocycles. The number of rotatable bonds is 5. The van der Waals surface area contributed by atoms with Gasteiger partial charge in [-0.1, -0.05) is 39.5 Å². The van der Waals surface area contributed by atoms with Crippen LogP contribution in [0.15, 0.2) is 0 Å². The van der Waals surface area contributed by atoms with Crippen LogP contribution in [0.5, 0.6) is 0 Å². The third kappa shape index (κ3) is 2.73. The first-order chi connectivity index (χ1) is 6.79. The van der Waals surface area contributed by atoms with Gasteiger partial charge in [0.1, 0.15) is 0 Å². The number of epoxide rings is 1. The maximum Gasteiger partial charge on any atom is 0.0844 e. The van der Waals surface area contributed by atoms with Gasteiger partial charge in [0.15, 0.2) is 0 Å². The van der Waals surface area contributed by atoms with Gasteiger partial charge in [-0.05, 0) is 31.1 Å². The average molecular weight is 196 g/mol. The molecule has 0 bridgehead atoms. The first kappa shape index (κ1) is 10.5. The standard InChI is InChI=1S/C13H24O/c1-3-10(2)5-4-6-11-7-8-12-13(9-11)14-12/h10-13H,3-9H2,1-2H3. The summed E-state index contributed by atoms with van der Waals surface area (Å²) in [5, 5.41) is 0. The minimum Gasteiger partial charge on any atom is -0.370 e. The van der Waals surface area contributed by atoms with Crippen LogP contribution in [0.1, 0.15) is 58.8 Å². The highest BCUT2D eigenvalue weighted by molar-refractivity contribution is 4.91. The zero-order chi connectivity index (χ0) is 9.97. The quantitative estimate of drug-likeness (QED) is 0.610. The third-order valence-corrected chi connectivity index (χ3v) is 4.12. The molecule has 0 N–H and O–H groups in total. The van der Waals surface area contributed by atoms with E-state index in [4.69, 9.17) is 4.74 Å². The fourth-order valence-electron chi connectivity index (χ4n) is 2.71. The minimum atomic E-state index is 0.678. The Labute approximate surface area is 88.2 Å². The summed E-state index contributed by atoms with van der Waals surface area (Å²) in [5.74, 6) is 1.92. The summed E-state index contributed by atoms with van der Waals surface area (Å²) in [6.07, 6.45) is 11.2. The van der Waals surface area contributed by atoms with E-state index >= 15 is 0 Å². The maximum atomic E-state index is 5.56. The van der Waals surface area contributed by atoms with Gasteiger partial charge < -0.3 is 4.74 Å². The Morgan fingerprint density at radius 1 is 1.29 bits per heavy atom. The molecule has 2 aliphatic rings. The maximum absolute atomic E-state index is 5.56. The molecular formula is C13H24O. The fraction of sp³-hybridized carbons (Fsp3) is 1.00. The molecule has 0 radical (unpaired) electrons. The lowest BCUT2D eigenvalue weighted by atomic mass is 9.85. The van der Waals surface area contributed by atoms with E-state index in [1.807, 2.05) is 0 Å². The van der Waals surface area contributed by atoms with E-state index in [1.165, 1.54) is 44.9 Å². The van der Waals surface area contributed by atoms with Crippen LogP contribution >= 0.6 is 0 Å². The minimum absolute atomic E-state index is 0.678. The molecule has 1 nitrogen and oxygen atoms in total. The van der Waals surface area contributed by atoms with Gasteiger partial charge in [-0.15, -0.1) is 0 Å². The van der Waals surface area contributed by atoms with E-state index in [2.05, 4.69) is 13.8 Å². The highest BCUT2D eigenvalue weighted by atomic mass is 16.6. The van der Waals surface area contributed by atoms with E-state index < -0.39 is 0 Å². The van der Waals surface area contributed by atoms with Crippen molar-refractivity contribution in [2.75, 3.05) is 0 Å². The van der Waals surface area contributed by atoms with Crippen molar-refractivity contribution >= 4 is 0 Å². The second kappa shape index (κ2) is 4.65. The normalized spacial score (nSPS) is 37.7. The van der Waals surface area contributed by atoms with Crippen LogP contribution in [0.3, 0.4) is 0 Å². The Bertz CT molecular complexity index is 178. The molecule has 1 heterocycles. The van der Waals surface area contributed by atoms with Crippen molar-refractivity contribution in [1.29, 1.82) is 0 Å². The van der Waals surface area contributed by atoms with E-state index in [-0.39, 0.29) is 0 Å². The van der Waals surface area contributed by atoms with Gasteiger partial charge in [-0.25, -0.2) is 0 Å². The van der Waals surface area contributed by atoms with Crippen molar-refractivity contribution in [1.82, 2.24) is 0 Å². The number of hydrogen-bond acceptors (Lipinski definition) is 1. The van der Waals surface area contributed by atoms with Crippen molar-refractivity contribution in [2.24, 2.45) is 11.8 Å². The zero-order valence-corrected chi connectivity index (χ0v) is 9.67. The summed E-state index contributed by atoms with van der Waals surface area (Å²) in [6, 6.07) is 0. The molecule has 0 aromatic carbocycles. The van der Waals surface area contributed by atoms with Gasteiger partial charge >= 0.3 is 0 Å². The number of hydrogen-bond donors (Lipinski definition) is 0. The molecule has 0 amide bonds. The van der Waals surface area contributed by atoms with Gasteiger partial charge in [0.25, 0.3) is 0 Å². The molecule has 0 aromatic rings. The van der Waals surface area contributed by atoms with Crippen LogP contribution in [-0.2, 0) is 4.74 Å². The Kier molecular flexibility index (Phi) is 3.48. The van der Waals surface area contributed by atoms with Crippen molar-refractivity contribution in [3.05, 3.63) is 0 Å². The topological polar surface area (TPSA) is 12.5 Å². The van der Waals surface area contributed by atoms with Crippen molar-refractivity contribution in [2.45, 2.75) is 71.0 Å². The molecule has 0 spiro atoms. The Balaban J connectivity index is 1.56. The van der Waals surface area contributed by atoms with Crippen LogP contribution < -0.4 is 0 Å². The molecule has 1 heteroatoms. The fourth-order valence-corrected chi connectivity index (χ4v) is 2.71. The predicted molar refractivity (Wildman–Crippen MR) is 59.3 cm³/mol. The SMILES string of the molecule is CCC(C)CCCC1CCC2OC2C1. The molecule has 4 atom stereocenters. The lowest BCUT2D eigenvalue weighted by Crippen LogP contribution is -2.13. The summed E-state index contributed by atoms with van der Waals surface area (Å²) in [6.45, 7) is 4.68. The summed E-state index contributed by atoms with van der Waals surface area (Å²) in [5.41, 5.74) is 0. The van der Waals surface area contributed by atoms with Crippen LogP contribution in [0, 0.1) is 11.8 Å². The number of fused-ring (bicyclic) bond motifs is 1. The molecule has 82 valence electrons. The lowest BCUT2D eigenvalue weighted by molar-refractivity contribution is 0.335. The lowest BCUT2D eigenvalue weighted by Gasteiger charge is -2.19. The van der Waals surface area contributed by atoms with E-state index in [0.29, 0.717) is 12.2 Å². The van der Waals surface area contributed by atoms with Crippen LogP contribution in [0.25, 0.3) is 0 Å². The summed E-state index contributed by atoms with van der Waals surface area (Å²) < 4.78 is 5.56. The van der Waals surface area contributed by atoms with Gasteiger partial charge in [0, 0.05) is 0 Å². The van der Waals surface area contributed by atoms with Gasteiger partial charge in [-0.3, -0.25) is 0 Å². The van der Waals surface area contributed by atoms with Crippen molar-refractivity contribution < 1.29 is 4.74 Å². The first-order valence-corrected chi connectivity index (χ1v) is 6.45. The largest absolute Gasteiger partial charge is 0.370 e. The molecular weight excluding hydrogens is 172 g/mol. The molecule has 1 aliphatic heterocycles. The molecule has 1 saturated carbocycles. The highest BCUT2D eigenvalue weighted by Crippen LogP contribution is 2.41. The van der Waals surface area contributed by atoms with Crippen molar-refractivity contribution in [3.63, 3.8) is 0 Å². The second-order valence-corrected chi connectivity index (χ2v) is 5.34. The van der Waals surface area contributed by atoms with Crippen LogP contribution in [0.2, 0.25) is 0 Å². The molecule has 4 unspecified atom stereocenters. The van der Waals surface area contributed by atoms with Gasteiger partial charge in [0.2, 0.25) is 0 Å². The monoisotopic (exact) mass is 196 g/mol. The van der Waals surface area contributed by atoms with E-state index in [1.54, 1.807) is 0 Å². The second-order valence-electron chi connectivity index (χ2n) is 5.34. The van der Waals surface area contributed by atoms with E-state index in [0.717, 1.165) is 11.8 Å². The summed E-state index contributed by atoms with van der Waals surface area (Å²) in [7, 11) is 0. The third-order valence-electron chi connectivity index (χ3n) is 4.12. The van der Waals surface area contributed by atoms with Gasteiger partial charge in [0.05, 0.1) is 12.2 Å². The first-order valence-electron chi connectivity index (χ1n) is 6.45. The zero-order valence-electron chi connectivity index (χ0n) is 9.67. The molecule has 2 fully saturated rings. The van der Waals surface area contributed by atoms with E-state index in [9.17, 15) is 0 Å². The van der Waals surface area contributed by atoms with Gasteiger partial charge in [-0.2, -0.15) is 0 Å². The molecule has 1 saturated heterocycles. The Hall–Kier alpha value is -0.0400.